The van der Waals surface area contributed by atoms with Crippen molar-refractivity contribution in [3.8, 4) is 5.75 Å². The van der Waals surface area contributed by atoms with Gasteiger partial charge in [0.1, 0.15) is 17.6 Å². The largest absolute Gasteiger partial charge is 0.507 e. The number of fused-ring (bicyclic) bond motifs is 1. The van der Waals surface area contributed by atoms with Crippen LogP contribution in [0.1, 0.15) is 49.9 Å². The molecule has 0 radical (unpaired) electrons. The van der Waals surface area contributed by atoms with Crippen LogP contribution < -0.4 is 4.74 Å². The van der Waals surface area contributed by atoms with Crippen molar-refractivity contribution in [3.05, 3.63) is 70.8 Å². The van der Waals surface area contributed by atoms with E-state index in [-0.39, 0.29) is 17.4 Å². The molecule has 2 aromatic carbocycles. The highest BCUT2D eigenvalue weighted by Crippen LogP contribution is 2.40. The number of ketones is 1. The zero-order valence-electron chi connectivity index (χ0n) is 19.6. The van der Waals surface area contributed by atoms with Crippen LogP contribution >= 0.6 is 0 Å². The number of rotatable bonds is 8. The number of nitrogens with zero attached hydrogens (tertiary/aromatic N) is 2. The number of hydrogen-bond donors (Lipinski definition) is 1. The molecular weight excluding hydrogens is 416 g/mol. The fraction of sp³-hybridized carbons (Fsp3) is 0.407. The van der Waals surface area contributed by atoms with Gasteiger partial charge in [0.15, 0.2) is 0 Å². The second kappa shape index (κ2) is 9.79. The minimum Gasteiger partial charge on any atom is -0.507 e. The molecule has 1 amide bonds. The molecule has 2 heterocycles. The van der Waals surface area contributed by atoms with E-state index in [1.807, 2.05) is 49.4 Å². The van der Waals surface area contributed by atoms with E-state index in [9.17, 15) is 14.7 Å². The Morgan fingerprint density at radius 3 is 2.55 bits per heavy atom. The first-order valence-electron chi connectivity index (χ1n) is 11.8. The first-order chi connectivity index (χ1) is 15.9. The smallest absolute Gasteiger partial charge is 0.295 e. The van der Waals surface area contributed by atoms with Gasteiger partial charge < -0.3 is 19.6 Å². The molecular formula is C27H32N2O4. The van der Waals surface area contributed by atoms with E-state index in [1.54, 1.807) is 11.0 Å². The molecule has 1 fully saturated rings. The topological polar surface area (TPSA) is 70.1 Å². The van der Waals surface area contributed by atoms with Gasteiger partial charge in [-0.1, -0.05) is 44.2 Å². The van der Waals surface area contributed by atoms with Crippen LogP contribution in [0.25, 0.3) is 5.76 Å². The summed E-state index contributed by atoms with van der Waals surface area (Å²) >= 11 is 0. The Kier molecular flexibility index (Phi) is 6.84. The summed E-state index contributed by atoms with van der Waals surface area (Å²) < 4.78 is 5.76. The number of hydrogen-bond acceptors (Lipinski definition) is 5. The first kappa shape index (κ1) is 23.1. The summed E-state index contributed by atoms with van der Waals surface area (Å²) in [4.78, 5) is 30.2. The van der Waals surface area contributed by atoms with Crippen LogP contribution in [0, 0.1) is 0 Å². The third-order valence-electron chi connectivity index (χ3n) is 6.59. The second-order valence-corrected chi connectivity index (χ2v) is 8.74. The molecule has 0 bridgehead atoms. The van der Waals surface area contributed by atoms with Crippen LogP contribution in [0.15, 0.2) is 54.1 Å². The number of carbonyl (C=O) groups is 2. The van der Waals surface area contributed by atoms with Crippen LogP contribution in [0.4, 0.5) is 0 Å². The van der Waals surface area contributed by atoms with Gasteiger partial charge in [-0.15, -0.1) is 0 Å². The van der Waals surface area contributed by atoms with Gasteiger partial charge in [0, 0.05) is 18.5 Å². The van der Waals surface area contributed by atoms with Crippen molar-refractivity contribution in [2.45, 2.75) is 45.8 Å². The molecule has 2 aliphatic heterocycles. The number of aliphatic hydroxyl groups excluding tert-OH is 1. The highest BCUT2D eigenvalue weighted by Gasteiger charge is 2.45. The molecule has 174 valence electrons. The van der Waals surface area contributed by atoms with E-state index in [2.05, 4.69) is 18.7 Å². The Morgan fingerprint density at radius 1 is 1.12 bits per heavy atom. The van der Waals surface area contributed by atoms with Crippen molar-refractivity contribution in [1.29, 1.82) is 0 Å². The second-order valence-electron chi connectivity index (χ2n) is 8.74. The summed E-state index contributed by atoms with van der Waals surface area (Å²) in [5, 5.41) is 11.3. The minimum atomic E-state index is -0.630. The molecule has 2 aromatic rings. The molecule has 0 unspecified atom stereocenters. The van der Waals surface area contributed by atoms with Gasteiger partial charge in [0.25, 0.3) is 11.7 Å². The number of likely N-dealkylation sites (tertiary alicyclic amines) is 1. The fourth-order valence-electron chi connectivity index (χ4n) is 4.82. The molecule has 1 N–H and O–H groups in total. The third kappa shape index (κ3) is 4.53. The number of carbonyl (C=O) groups excluding carboxylic acids is 2. The van der Waals surface area contributed by atoms with Gasteiger partial charge in [0.05, 0.1) is 11.6 Å². The monoisotopic (exact) mass is 448 g/mol. The van der Waals surface area contributed by atoms with Crippen LogP contribution in [-0.4, -0.2) is 58.9 Å². The third-order valence-corrected chi connectivity index (χ3v) is 6.59. The zero-order chi connectivity index (χ0) is 23.5. The van der Waals surface area contributed by atoms with E-state index in [4.69, 9.17) is 4.74 Å². The number of benzene rings is 2. The minimum absolute atomic E-state index is 0.0816. The van der Waals surface area contributed by atoms with Crippen molar-refractivity contribution in [1.82, 2.24) is 9.80 Å². The molecule has 0 aliphatic carbocycles. The molecule has 0 saturated carbocycles. The number of amides is 1. The van der Waals surface area contributed by atoms with E-state index in [0.717, 1.165) is 49.4 Å². The van der Waals surface area contributed by atoms with Crippen LogP contribution in [0.3, 0.4) is 0 Å². The van der Waals surface area contributed by atoms with Crippen LogP contribution in [-0.2, 0) is 16.0 Å². The predicted molar refractivity (Wildman–Crippen MR) is 128 cm³/mol. The SMILES string of the molecule is CCN(CC)CCCN1C(=O)C(=O)/C(=C(/O)c2ccc3c(c2)C[C@H](C)O3)[C@@H]1c1ccccc1. The van der Waals surface area contributed by atoms with Gasteiger partial charge in [-0.25, -0.2) is 0 Å². The Balaban J connectivity index is 1.71. The van der Waals surface area contributed by atoms with Crippen molar-refractivity contribution >= 4 is 17.4 Å². The van der Waals surface area contributed by atoms with E-state index < -0.39 is 17.7 Å². The summed E-state index contributed by atoms with van der Waals surface area (Å²) in [6.45, 7) is 9.41. The Labute approximate surface area is 195 Å². The van der Waals surface area contributed by atoms with Crippen molar-refractivity contribution in [2.24, 2.45) is 0 Å². The van der Waals surface area contributed by atoms with Gasteiger partial charge in [-0.05, 0) is 62.3 Å². The molecule has 2 aliphatic rings. The normalized spacial score (nSPS) is 21.5. The zero-order valence-corrected chi connectivity index (χ0v) is 19.6. The highest BCUT2D eigenvalue weighted by atomic mass is 16.5. The maximum Gasteiger partial charge on any atom is 0.295 e. The van der Waals surface area contributed by atoms with Gasteiger partial charge in [-0.2, -0.15) is 0 Å². The Hall–Kier alpha value is -3.12. The summed E-state index contributed by atoms with van der Waals surface area (Å²) in [7, 11) is 0. The van der Waals surface area contributed by atoms with E-state index >= 15 is 0 Å². The quantitative estimate of drug-likeness (QED) is 0.373. The maximum absolute atomic E-state index is 13.2. The lowest BCUT2D eigenvalue weighted by Gasteiger charge is -2.26. The van der Waals surface area contributed by atoms with E-state index in [0.29, 0.717) is 12.1 Å². The van der Waals surface area contributed by atoms with E-state index in [1.165, 1.54) is 0 Å². The molecule has 6 nitrogen and oxygen atoms in total. The standard InChI is InChI=1S/C27H32N2O4/c1-4-28(5-2)14-9-15-29-24(19-10-7-6-8-11-19)23(26(31)27(29)32)25(30)20-12-13-22-21(17-20)16-18(3)33-22/h6-8,10-13,17-18,24,30H,4-5,9,14-16H2,1-3H3/b25-23+/t18-,24-/m0/s1. The van der Waals surface area contributed by atoms with Crippen molar-refractivity contribution in [2.75, 3.05) is 26.2 Å². The lowest BCUT2D eigenvalue weighted by Crippen LogP contribution is -2.33. The summed E-state index contributed by atoms with van der Waals surface area (Å²) in [5.74, 6) is -0.510. The number of aliphatic hydroxyl groups is 1. The summed E-state index contributed by atoms with van der Waals surface area (Å²) in [6, 6.07) is 14.3. The average Bonchev–Trinajstić information content (AvgIpc) is 3.32. The predicted octanol–water partition coefficient (Wildman–Crippen LogP) is 4.16. The molecule has 33 heavy (non-hydrogen) atoms. The Bertz CT molecular complexity index is 1060. The molecule has 6 heteroatoms. The number of ether oxygens (including phenoxy) is 1. The van der Waals surface area contributed by atoms with Crippen LogP contribution in [0.5, 0.6) is 5.75 Å². The molecule has 2 atom stereocenters. The van der Waals surface area contributed by atoms with Gasteiger partial charge in [0.2, 0.25) is 0 Å². The molecule has 0 spiro atoms. The lowest BCUT2D eigenvalue weighted by atomic mass is 9.94. The lowest BCUT2D eigenvalue weighted by molar-refractivity contribution is -0.140. The highest BCUT2D eigenvalue weighted by molar-refractivity contribution is 6.46. The molecule has 1 saturated heterocycles. The average molecular weight is 449 g/mol. The fourth-order valence-corrected chi connectivity index (χ4v) is 4.82. The summed E-state index contributed by atoms with van der Waals surface area (Å²) in [5.41, 5.74) is 2.50. The summed E-state index contributed by atoms with van der Waals surface area (Å²) in [6.07, 6.45) is 1.59. The van der Waals surface area contributed by atoms with Crippen molar-refractivity contribution < 1.29 is 19.4 Å². The van der Waals surface area contributed by atoms with Crippen molar-refractivity contribution in [3.63, 3.8) is 0 Å². The molecule has 0 aromatic heterocycles. The maximum atomic E-state index is 13.2. The molecule has 4 rings (SSSR count). The first-order valence-corrected chi connectivity index (χ1v) is 11.8. The van der Waals surface area contributed by atoms with Gasteiger partial charge >= 0.3 is 0 Å². The number of Topliss-reactive ketones (excluding diaryl/α,β-unsaturated/α-hetero) is 1. The van der Waals surface area contributed by atoms with Crippen LogP contribution in [0.2, 0.25) is 0 Å². The Morgan fingerprint density at radius 2 is 1.85 bits per heavy atom. The van der Waals surface area contributed by atoms with Gasteiger partial charge in [-0.3, -0.25) is 9.59 Å².